The Bertz CT molecular complexity index is 1270. The predicted octanol–water partition coefficient (Wildman–Crippen LogP) is 5.01. The molecule has 0 radical (unpaired) electrons. The van der Waals surface area contributed by atoms with Gasteiger partial charge in [0.25, 0.3) is 0 Å². The van der Waals surface area contributed by atoms with Crippen molar-refractivity contribution in [3.63, 3.8) is 0 Å². The van der Waals surface area contributed by atoms with E-state index in [1.165, 1.54) is 0 Å². The number of hydrogen-bond donors (Lipinski definition) is 4. The molecule has 31 heavy (non-hydrogen) atoms. The Morgan fingerprint density at radius 3 is 2.48 bits per heavy atom. The molecule has 2 aromatic heterocycles. The number of nitrogens with two attached hydrogens (primary N) is 1. The SMILES string of the molecule is Nc1n[nH]c2cncc(-c3ccc(NC(=O)Nc4cc(C(F)(F)F)ccc4F)cc3)c12. The second-order valence-electron chi connectivity index (χ2n) is 6.57. The number of nitrogens with zero attached hydrogens (tertiary/aromatic N) is 2. The Labute approximate surface area is 172 Å². The van der Waals surface area contributed by atoms with Crippen LogP contribution in [-0.4, -0.2) is 21.2 Å². The van der Waals surface area contributed by atoms with Gasteiger partial charge in [-0.1, -0.05) is 12.1 Å². The van der Waals surface area contributed by atoms with Crippen LogP contribution in [0.2, 0.25) is 0 Å². The van der Waals surface area contributed by atoms with E-state index in [4.69, 9.17) is 5.73 Å². The standard InChI is InChI=1S/C20H14F4N6O/c21-14-6-3-11(20(22,23)24)7-15(14)28-19(31)27-12-4-1-10(2-5-12)13-8-26-9-16-17(13)18(25)30-29-16/h1-9H,(H3,25,29,30)(H2,27,28,31). The minimum absolute atomic E-state index is 0.317. The summed E-state index contributed by atoms with van der Waals surface area (Å²) >= 11 is 0. The fraction of sp³-hybridized carbons (Fsp3) is 0.0500. The van der Waals surface area contributed by atoms with Crippen LogP contribution in [0.15, 0.2) is 54.9 Å². The van der Waals surface area contributed by atoms with Crippen molar-refractivity contribution in [3.8, 4) is 11.1 Å². The molecular weight excluding hydrogens is 416 g/mol. The summed E-state index contributed by atoms with van der Waals surface area (Å²) in [5.41, 5.74) is 6.72. The van der Waals surface area contributed by atoms with E-state index in [9.17, 15) is 22.4 Å². The van der Waals surface area contributed by atoms with E-state index in [0.717, 1.165) is 11.1 Å². The van der Waals surface area contributed by atoms with E-state index in [0.29, 0.717) is 40.6 Å². The van der Waals surface area contributed by atoms with E-state index in [1.807, 2.05) is 0 Å². The molecule has 0 fully saturated rings. The molecule has 4 aromatic rings. The zero-order valence-corrected chi connectivity index (χ0v) is 15.6. The summed E-state index contributed by atoms with van der Waals surface area (Å²) in [4.78, 5) is 16.3. The number of carbonyl (C=O) groups is 1. The molecule has 0 saturated heterocycles. The Balaban J connectivity index is 1.51. The number of pyridine rings is 1. The number of aromatic nitrogens is 3. The van der Waals surface area contributed by atoms with Crippen molar-refractivity contribution in [2.45, 2.75) is 6.18 Å². The van der Waals surface area contributed by atoms with Gasteiger partial charge in [-0.3, -0.25) is 10.1 Å². The Morgan fingerprint density at radius 1 is 1.03 bits per heavy atom. The molecule has 2 amide bonds. The molecule has 0 unspecified atom stereocenters. The first-order valence-corrected chi connectivity index (χ1v) is 8.85. The number of fused-ring (bicyclic) bond motifs is 1. The normalized spacial score (nSPS) is 11.5. The minimum atomic E-state index is -4.66. The molecule has 0 aliphatic carbocycles. The quantitative estimate of drug-likeness (QED) is 0.343. The molecule has 0 bridgehead atoms. The van der Waals surface area contributed by atoms with Gasteiger partial charge >= 0.3 is 12.2 Å². The van der Waals surface area contributed by atoms with Gasteiger partial charge in [0.2, 0.25) is 0 Å². The van der Waals surface area contributed by atoms with Crippen LogP contribution in [0.1, 0.15) is 5.56 Å². The van der Waals surface area contributed by atoms with Gasteiger partial charge in [0.05, 0.1) is 28.4 Å². The van der Waals surface area contributed by atoms with Crippen LogP contribution in [0.25, 0.3) is 22.0 Å². The number of benzene rings is 2. The summed E-state index contributed by atoms with van der Waals surface area (Å²) in [6.07, 6.45) is -1.44. The molecule has 4 rings (SSSR count). The average Bonchev–Trinajstić information content (AvgIpc) is 3.10. The number of amides is 2. The maximum atomic E-state index is 13.8. The number of alkyl halides is 3. The third kappa shape index (κ3) is 4.10. The number of hydrogen-bond acceptors (Lipinski definition) is 4. The zero-order chi connectivity index (χ0) is 22.2. The summed E-state index contributed by atoms with van der Waals surface area (Å²) in [5.74, 6) is -0.672. The first-order chi connectivity index (χ1) is 14.7. The summed E-state index contributed by atoms with van der Waals surface area (Å²) in [6.45, 7) is 0. The zero-order valence-electron chi connectivity index (χ0n) is 15.6. The van der Waals surface area contributed by atoms with Crippen LogP contribution in [0.3, 0.4) is 0 Å². The van der Waals surface area contributed by atoms with Gasteiger partial charge in [-0.15, -0.1) is 0 Å². The number of halogens is 4. The van der Waals surface area contributed by atoms with E-state index in [-0.39, 0.29) is 0 Å². The van der Waals surface area contributed by atoms with Crippen LogP contribution in [0.5, 0.6) is 0 Å². The number of aromatic amines is 1. The largest absolute Gasteiger partial charge is 0.416 e. The average molecular weight is 430 g/mol. The van der Waals surface area contributed by atoms with Gasteiger partial charge in [0, 0.05) is 17.4 Å². The molecule has 11 heteroatoms. The van der Waals surface area contributed by atoms with Crippen LogP contribution < -0.4 is 16.4 Å². The molecule has 0 saturated carbocycles. The topological polar surface area (TPSA) is 109 Å². The maximum absolute atomic E-state index is 13.8. The molecular formula is C20H14F4N6O. The van der Waals surface area contributed by atoms with Crippen LogP contribution in [-0.2, 0) is 6.18 Å². The van der Waals surface area contributed by atoms with Crippen molar-refractivity contribution in [2.24, 2.45) is 0 Å². The Morgan fingerprint density at radius 2 is 1.77 bits per heavy atom. The van der Waals surface area contributed by atoms with Gasteiger partial charge < -0.3 is 16.4 Å². The highest BCUT2D eigenvalue weighted by molar-refractivity contribution is 6.02. The van der Waals surface area contributed by atoms with E-state index < -0.39 is 29.3 Å². The second kappa shape index (κ2) is 7.59. The Kier molecular flexibility index (Phi) is 4.93. The number of H-pyrrole nitrogens is 1. The third-order valence-electron chi connectivity index (χ3n) is 4.49. The van der Waals surface area contributed by atoms with Crippen molar-refractivity contribution >= 4 is 34.1 Å². The van der Waals surface area contributed by atoms with Crippen molar-refractivity contribution in [2.75, 3.05) is 16.4 Å². The fourth-order valence-corrected chi connectivity index (χ4v) is 3.03. The van der Waals surface area contributed by atoms with Crippen LogP contribution >= 0.6 is 0 Å². The number of nitrogen functional groups attached to an aromatic ring is 1. The van der Waals surface area contributed by atoms with Crippen molar-refractivity contribution < 1.29 is 22.4 Å². The number of rotatable bonds is 3. The van der Waals surface area contributed by atoms with E-state index in [2.05, 4.69) is 25.8 Å². The van der Waals surface area contributed by atoms with Crippen molar-refractivity contribution in [3.05, 3.63) is 66.2 Å². The monoisotopic (exact) mass is 430 g/mol. The van der Waals surface area contributed by atoms with Gasteiger partial charge in [0.15, 0.2) is 5.82 Å². The summed E-state index contributed by atoms with van der Waals surface area (Å²) < 4.78 is 52.2. The lowest BCUT2D eigenvalue weighted by molar-refractivity contribution is -0.137. The second-order valence-corrected chi connectivity index (χ2v) is 6.57. The lowest BCUT2D eigenvalue weighted by Gasteiger charge is -2.12. The smallest absolute Gasteiger partial charge is 0.382 e. The lowest BCUT2D eigenvalue weighted by Crippen LogP contribution is -2.20. The highest BCUT2D eigenvalue weighted by Crippen LogP contribution is 2.32. The van der Waals surface area contributed by atoms with E-state index >= 15 is 0 Å². The minimum Gasteiger partial charge on any atom is -0.382 e. The number of urea groups is 1. The highest BCUT2D eigenvalue weighted by atomic mass is 19.4. The summed E-state index contributed by atoms with van der Waals surface area (Å²) in [7, 11) is 0. The van der Waals surface area contributed by atoms with Gasteiger partial charge in [0.1, 0.15) is 5.82 Å². The number of nitrogens with one attached hydrogen (secondary N) is 3. The third-order valence-corrected chi connectivity index (χ3v) is 4.49. The molecule has 0 aliphatic heterocycles. The maximum Gasteiger partial charge on any atom is 0.416 e. The highest BCUT2D eigenvalue weighted by Gasteiger charge is 2.31. The van der Waals surface area contributed by atoms with Gasteiger partial charge in [-0.25, -0.2) is 9.18 Å². The molecule has 2 aromatic carbocycles. The van der Waals surface area contributed by atoms with Crippen LogP contribution in [0.4, 0.5) is 39.5 Å². The number of anilines is 3. The Hall–Kier alpha value is -4.15. The van der Waals surface area contributed by atoms with Crippen molar-refractivity contribution in [1.29, 1.82) is 0 Å². The first kappa shape index (κ1) is 20.1. The number of carbonyl (C=O) groups excluding carboxylic acids is 1. The molecule has 0 atom stereocenters. The molecule has 0 spiro atoms. The van der Waals surface area contributed by atoms with Crippen LogP contribution in [0, 0.1) is 5.82 Å². The fourth-order valence-electron chi connectivity index (χ4n) is 3.03. The summed E-state index contributed by atoms with van der Waals surface area (Å²) in [5, 5.41) is 12.0. The predicted molar refractivity (Wildman–Crippen MR) is 108 cm³/mol. The lowest BCUT2D eigenvalue weighted by atomic mass is 10.0. The first-order valence-electron chi connectivity index (χ1n) is 8.85. The van der Waals surface area contributed by atoms with E-state index in [1.54, 1.807) is 36.7 Å². The molecule has 158 valence electrons. The molecule has 7 nitrogen and oxygen atoms in total. The van der Waals surface area contributed by atoms with Gasteiger partial charge in [-0.05, 0) is 35.9 Å². The molecule has 0 aliphatic rings. The molecule has 5 N–H and O–H groups in total. The van der Waals surface area contributed by atoms with Gasteiger partial charge in [-0.2, -0.15) is 18.3 Å². The van der Waals surface area contributed by atoms with Crippen molar-refractivity contribution in [1.82, 2.24) is 15.2 Å². The molecule has 2 heterocycles. The summed E-state index contributed by atoms with van der Waals surface area (Å²) in [6, 6.07) is 7.42.